The summed E-state index contributed by atoms with van der Waals surface area (Å²) in [6.07, 6.45) is 3.82. The van der Waals surface area contributed by atoms with Crippen LogP contribution < -0.4 is 0 Å². The maximum absolute atomic E-state index is 13.5. The molecule has 108 valence electrons. The van der Waals surface area contributed by atoms with Crippen LogP contribution >= 0.6 is 11.6 Å². The van der Waals surface area contributed by atoms with Crippen LogP contribution in [0.4, 0.5) is 4.39 Å². The monoisotopic (exact) mass is 294 g/mol. The Hall–Kier alpha value is -1.09. The van der Waals surface area contributed by atoms with Crippen LogP contribution in [0.25, 0.3) is 11.0 Å². The standard InChI is InChI=1S/C16H20ClFN2/c1-10-4-3-5-12(10)9-20-15-8-13(18)6-7-14(15)19-16(20)11(2)17/h6-8,10-12H,3-5,9H2,1-2H3. The molecule has 3 unspecified atom stereocenters. The van der Waals surface area contributed by atoms with Crippen LogP contribution in [0.5, 0.6) is 0 Å². The van der Waals surface area contributed by atoms with E-state index >= 15 is 0 Å². The highest BCUT2D eigenvalue weighted by atomic mass is 35.5. The first-order chi connectivity index (χ1) is 9.56. The predicted molar refractivity (Wildman–Crippen MR) is 80.5 cm³/mol. The van der Waals surface area contributed by atoms with E-state index in [1.807, 2.05) is 6.92 Å². The third-order valence-electron chi connectivity index (χ3n) is 4.55. The molecule has 1 saturated carbocycles. The summed E-state index contributed by atoms with van der Waals surface area (Å²) in [6, 6.07) is 4.77. The van der Waals surface area contributed by atoms with Gasteiger partial charge in [-0.1, -0.05) is 19.8 Å². The second kappa shape index (κ2) is 5.36. The van der Waals surface area contributed by atoms with E-state index in [0.717, 1.165) is 29.3 Å². The number of hydrogen-bond donors (Lipinski definition) is 0. The maximum Gasteiger partial charge on any atom is 0.127 e. The van der Waals surface area contributed by atoms with Crippen molar-refractivity contribution in [2.75, 3.05) is 0 Å². The molecule has 3 rings (SSSR count). The van der Waals surface area contributed by atoms with E-state index in [2.05, 4.69) is 16.5 Å². The molecule has 0 saturated heterocycles. The van der Waals surface area contributed by atoms with Gasteiger partial charge in [-0.3, -0.25) is 0 Å². The highest BCUT2D eigenvalue weighted by Gasteiger charge is 2.26. The number of halogens is 2. The van der Waals surface area contributed by atoms with Crippen LogP contribution in [-0.4, -0.2) is 9.55 Å². The van der Waals surface area contributed by atoms with Crippen LogP contribution in [0.2, 0.25) is 0 Å². The molecule has 4 heteroatoms. The average Bonchev–Trinajstić information content (AvgIpc) is 2.95. The number of aromatic nitrogens is 2. The molecule has 1 aromatic heterocycles. The van der Waals surface area contributed by atoms with E-state index in [9.17, 15) is 4.39 Å². The summed E-state index contributed by atoms with van der Waals surface area (Å²) in [6.45, 7) is 5.13. The van der Waals surface area contributed by atoms with E-state index in [1.165, 1.54) is 25.3 Å². The van der Waals surface area contributed by atoms with Crippen LogP contribution in [0.1, 0.15) is 44.3 Å². The Morgan fingerprint density at radius 2 is 2.25 bits per heavy atom. The summed E-state index contributed by atoms with van der Waals surface area (Å²) in [4.78, 5) is 4.58. The van der Waals surface area contributed by atoms with Gasteiger partial charge in [0.2, 0.25) is 0 Å². The van der Waals surface area contributed by atoms with Gasteiger partial charge in [-0.2, -0.15) is 0 Å². The summed E-state index contributed by atoms with van der Waals surface area (Å²) in [5.41, 5.74) is 1.70. The van der Waals surface area contributed by atoms with E-state index in [-0.39, 0.29) is 11.2 Å². The Labute approximate surface area is 123 Å². The molecule has 0 bridgehead atoms. The molecule has 1 fully saturated rings. The van der Waals surface area contributed by atoms with Crippen molar-refractivity contribution in [3.8, 4) is 0 Å². The Morgan fingerprint density at radius 3 is 2.90 bits per heavy atom. The number of nitrogens with zero attached hydrogens (tertiary/aromatic N) is 2. The first-order valence-electron chi connectivity index (χ1n) is 7.36. The third kappa shape index (κ3) is 2.44. The van der Waals surface area contributed by atoms with Crippen LogP contribution in [0, 0.1) is 17.7 Å². The zero-order valence-corrected chi connectivity index (χ0v) is 12.7. The van der Waals surface area contributed by atoms with Gasteiger partial charge in [0, 0.05) is 6.54 Å². The first-order valence-corrected chi connectivity index (χ1v) is 7.79. The predicted octanol–water partition coefficient (Wildman–Crippen LogP) is 4.91. The largest absolute Gasteiger partial charge is 0.326 e. The summed E-state index contributed by atoms with van der Waals surface area (Å²) in [5, 5.41) is -0.165. The molecule has 1 aliphatic carbocycles. The highest BCUT2D eigenvalue weighted by Crippen LogP contribution is 2.35. The number of benzene rings is 1. The van der Waals surface area contributed by atoms with Crippen LogP contribution in [0.15, 0.2) is 18.2 Å². The lowest BCUT2D eigenvalue weighted by molar-refractivity contribution is 0.363. The molecular formula is C16H20ClFN2. The second-order valence-electron chi connectivity index (χ2n) is 6.00. The smallest absolute Gasteiger partial charge is 0.127 e. The van der Waals surface area contributed by atoms with Gasteiger partial charge in [0.25, 0.3) is 0 Å². The summed E-state index contributed by atoms with van der Waals surface area (Å²) >= 11 is 6.26. The number of imidazole rings is 1. The Kier molecular flexibility index (Phi) is 3.72. The van der Waals surface area contributed by atoms with Crippen molar-refractivity contribution >= 4 is 22.6 Å². The van der Waals surface area contributed by atoms with Crippen molar-refractivity contribution in [3.05, 3.63) is 29.8 Å². The lowest BCUT2D eigenvalue weighted by Gasteiger charge is -2.19. The van der Waals surface area contributed by atoms with E-state index in [4.69, 9.17) is 11.6 Å². The van der Waals surface area contributed by atoms with E-state index in [1.54, 1.807) is 12.1 Å². The van der Waals surface area contributed by atoms with Gasteiger partial charge >= 0.3 is 0 Å². The van der Waals surface area contributed by atoms with E-state index in [0.29, 0.717) is 5.92 Å². The molecule has 0 amide bonds. The zero-order valence-electron chi connectivity index (χ0n) is 11.9. The fourth-order valence-corrected chi connectivity index (χ4v) is 3.50. The fourth-order valence-electron chi connectivity index (χ4n) is 3.34. The van der Waals surface area contributed by atoms with Crippen molar-refractivity contribution in [2.45, 2.75) is 45.0 Å². The molecular weight excluding hydrogens is 275 g/mol. The van der Waals surface area contributed by atoms with Gasteiger partial charge in [0.1, 0.15) is 11.6 Å². The first kappa shape index (κ1) is 13.9. The van der Waals surface area contributed by atoms with Crippen LogP contribution in [-0.2, 0) is 6.54 Å². The van der Waals surface area contributed by atoms with Crippen LogP contribution in [0.3, 0.4) is 0 Å². The van der Waals surface area contributed by atoms with Crippen molar-refractivity contribution in [2.24, 2.45) is 11.8 Å². The number of hydrogen-bond acceptors (Lipinski definition) is 1. The van der Waals surface area contributed by atoms with Gasteiger partial charge in [-0.05, 0) is 43.4 Å². The molecule has 2 aromatic rings. The minimum absolute atomic E-state index is 0.165. The molecule has 1 heterocycles. The summed E-state index contributed by atoms with van der Waals surface area (Å²) in [7, 11) is 0. The van der Waals surface area contributed by atoms with Crippen molar-refractivity contribution in [1.29, 1.82) is 0 Å². The fraction of sp³-hybridized carbons (Fsp3) is 0.562. The van der Waals surface area contributed by atoms with E-state index < -0.39 is 0 Å². The molecule has 0 aliphatic heterocycles. The number of alkyl halides is 1. The van der Waals surface area contributed by atoms with Gasteiger partial charge in [-0.25, -0.2) is 9.37 Å². The second-order valence-corrected chi connectivity index (χ2v) is 6.65. The molecule has 0 N–H and O–H groups in total. The van der Waals surface area contributed by atoms with Gasteiger partial charge in [-0.15, -0.1) is 11.6 Å². The zero-order chi connectivity index (χ0) is 14.3. The molecule has 0 spiro atoms. The summed E-state index contributed by atoms with van der Waals surface area (Å²) in [5.74, 6) is 2.00. The molecule has 0 radical (unpaired) electrons. The van der Waals surface area contributed by atoms with Gasteiger partial charge in [0.05, 0.1) is 16.4 Å². The summed E-state index contributed by atoms with van der Waals surface area (Å²) < 4.78 is 15.7. The number of fused-ring (bicyclic) bond motifs is 1. The number of rotatable bonds is 3. The average molecular weight is 295 g/mol. The van der Waals surface area contributed by atoms with Crippen molar-refractivity contribution in [3.63, 3.8) is 0 Å². The lowest BCUT2D eigenvalue weighted by Crippen LogP contribution is -2.15. The molecule has 20 heavy (non-hydrogen) atoms. The Morgan fingerprint density at radius 1 is 1.45 bits per heavy atom. The molecule has 1 aromatic carbocycles. The SMILES string of the molecule is CC(Cl)c1nc2ccc(F)cc2n1CC1CCCC1C. The molecule has 2 nitrogen and oxygen atoms in total. The lowest BCUT2D eigenvalue weighted by atomic mass is 9.98. The Balaban J connectivity index is 2.05. The minimum atomic E-state index is -0.216. The van der Waals surface area contributed by atoms with Crippen molar-refractivity contribution in [1.82, 2.24) is 9.55 Å². The highest BCUT2D eigenvalue weighted by molar-refractivity contribution is 6.20. The molecule has 1 aliphatic rings. The topological polar surface area (TPSA) is 17.8 Å². The third-order valence-corrected chi connectivity index (χ3v) is 4.75. The van der Waals surface area contributed by atoms with Gasteiger partial charge < -0.3 is 4.57 Å². The maximum atomic E-state index is 13.5. The van der Waals surface area contributed by atoms with Gasteiger partial charge in [0.15, 0.2) is 0 Å². The minimum Gasteiger partial charge on any atom is -0.326 e. The quantitative estimate of drug-likeness (QED) is 0.735. The van der Waals surface area contributed by atoms with Crippen molar-refractivity contribution < 1.29 is 4.39 Å². The normalized spacial score (nSPS) is 24.4. The molecule has 3 atom stereocenters. The Bertz CT molecular complexity index is 620.